The standard InChI is InChI=1S/C22H31N5O2/c1-2-3-4-5-6-13-29-20-9-7-19(8-10-20)17-25-26-21-16-22(24-18-23-21)27-11-14-28-15-12-27/h7-10,16-18H,2-6,11-15H2,1H3,(H,23,24,26). The van der Waals surface area contributed by atoms with Crippen LogP contribution in [0.1, 0.15) is 44.6 Å². The van der Waals surface area contributed by atoms with Gasteiger partial charge in [0.05, 0.1) is 26.0 Å². The predicted octanol–water partition coefficient (Wildman–Crippen LogP) is 4.11. The second-order valence-electron chi connectivity index (χ2n) is 7.06. The second-order valence-corrected chi connectivity index (χ2v) is 7.06. The lowest BCUT2D eigenvalue weighted by Crippen LogP contribution is -2.36. The molecule has 1 fully saturated rings. The summed E-state index contributed by atoms with van der Waals surface area (Å²) in [6.07, 6.45) is 9.54. The number of nitrogens with zero attached hydrogens (tertiary/aromatic N) is 4. The van der Waals surface area contributed by atoms with Crippen molar-refractivity contribution >= 4 is 17.9 Å². The third-order valence-corrected chi connectivity index (χ3v) is 4.78. The Kier molecular flexibility index (Phi) is 8.72. The number of rotatable bonds is 11. The molecule has 156 valence electrons. The van der Waals surface area contributed by atoms with E-state index in [1.165, 1.54) is 25.7 Å². The van der Waals surface area contributed by atoms with Gasteiger partial charge in [-0.15, -0.1) is 0 Å². The molecular formula is C22H31N5O2. The van der Waals surface area contributed by atoms with Crippen molar-refractivity contribution in [1.82, 2.24) is 9.97 Å². The Hall–Kier alpha value is -2.67. The molecule has 0 unspecified atom stereocenters. The third kappa shape index (κ3) is 7.34. The number of hydrogen-bond donors (Lipinski definition) is 1. The van der Waals surface area contributed by atoms with Crippen molar-refractivity contribution in [2.45, 2.75) is 39.0 Å². The molecule has 1 aromatic heterocycles. The highest BCUT2D eigenvalue weighted by molar-refractivity contribution is 5.80. The lowest BCUT2D eigenvalue weighted by atomic mass is 10.2. The van der Waals surface area contributed by atoms with Crippen LogP contribution in [-0.4, -0.2) is 49.1 Å². The average molecular weight is 398 g/mol. The molecule has 0 amide bonds. The molecule has 1 N–H and O–H groups in total. The van der Waals surface area contributed by atoms with Gasteiger partial charge in [0, 0.05) is 19.2 Å². The molecule has 0 atom stereocenters. The Bertz CT molecular complexity index is 745. The minimum Gasteiger partial charge on any atom is -0.494 e. The fourth-order valence-electron chi connectivity index (χ4n) is 3.09. The van der Waals surface area contributed by atoms with Gasteiger partial charge in [-0.05, 0) is 36.2 Å². The van der Waals surface area contributed by atoms with Crippen LogP contribution < -0.4 is 15.1 Å². The zero-order chi connectivity index (χ0) is 20.2. The van der Waals surface area contributed by atoms with Gasteiger partial charge in [0.15, 0.2) is 5.82 Å². The second kappa shape index (κ2) is 12.0. The molecule has 29 heavy (non-hydrogen) atoms. The molecule has 1 aliphatic rings. The van der Waals surface area contributed by atoms with Crippen molar-refractivity contribution in [3.05, 3.63) is 42.2 Å². The summed E-state index contributed by atoms with van der Waals surface area (Å²) in [5.41, 5.74) is 3.97. The minimum atomic E-state index is 0.667. The first kappa shape index (κ1) is 21.0. The van der Waals surface area contributed by atoms with Gasteiger partial charge in [-0.3, -0.25) is 5.43 Å². The van der Waals surface area contributed by atoms with Crippen molar-refractivity contribution < 1.29 is 9.47 Å². The summed E-state index contributed by atoms with van der Waals surface area (Å²) in [6.45, 7) is 6.14. The van der Waals surface area contributed by atoms with E-state index in [2.05, 4.69) is 32.3 Å². The highest BCUT2D eigenvalue weighted by Gasteiger charge is 2.12. The number of hydrazone groups is 1. The normalized spacial score (nSPS) is 14.3. The van der Waals surface area contributed by atoms with E-state index >= 15 is 0 Å². The Labute approximate surface area is 173 Å². The predicted molar refractivity (Wildman–Crippen MR) is 117 cm³/mol. The van der Waals surface area contributed by atoms with Crippen molar-refractivity contribution in [3.63, 3.8) is 0 Å². The molecule has 0 saturated carbocycles. The van der Waals surface area contributed by atoms with Crippen molar-refractivity contribution in [2.24, 2.45) is 5.10 Å². The Morgan fingerprint density at radius 3 is 2.69 bits per heavy atom. The van der Waals surface area contributed by atoms with E-state index < -0.39 is 0 Å². The number of nitrogens with one attached hydrogen (secondary N) is 1. The fraction of sp³-hybridized carbons (Fsp3) is 0.500. The van der Waals surface area contributed by atoms with Gasteiger partial charge >= 0.3 is 0 Å². The maximum atomic E-state index is 5.80. The van der Waals surface area contributed by atoms with Gasteiger partial charge in [0.2, 0.25) is 0 Å². The summed E-state index contributed by atoms with van der Waals surface area (Å²) >= 11 is 0. The number of hydrogen-bond acceptors (Lipinski definition) is 7. The monoisotopic (exact) mass is 397 g/mol. The van der Waals surface area contributed by atoms with Crippen LogP contribution in [0.4, 0.5) is 11.6 Å². The van der Waals surface area contributed by atoms with Crippen LogP contribution in [0.15, 0.2) is 41.8 Å². The minimum absolute atomic E-state index is 0.667. The van der Waals surface area contributed by atoms with Crippen LogP contribution in [0, 0.1) is 0 Å². The van der Waals surface area contributed by atoms with Crippen LogP contribution in [-0.2, 0) is 4.74 Å². The van der Waals surface area contributed by atoms with Crippen molar-refractivity contribution in [2.75, 3.05) is 43.2 Å². The third-order valence-electron chi connectivity index (χ3n) is 4.78. The van der Waals surface area contributed by atoms with Gasteiger partial charge in [0.1, 0.15) is 17.9 Å². The zero-order valence-electron chi connectivity index (χ0n) is 17.2. The number of unbranched alkanes of at least 4 members (excludes halogenated alkanes) is 4. The first-order valence-electron chi connectivity index (χ1n) is 10.5. The van der Waals surface area contributed by atoms with Crippen LogP contribution >= 0.6 is 0 Å². The molecule has 7 heteroatoms. The van der Waals surface area contributed by atoms with Gasteiger partial charge in [0.25, 0.3) is 0 Å². The van der Waals surface area contributed by atoms with Crippen LogP contribution in [0.5, 0.6) is 5.75 Å². The van der Waals surface area contributed by atoms with E-state index in [1.807, 2.05) is 30.3 Å². The van der Waals surface area contributed by atoms with Gasteiger partial charge in [-0.25, -0.2) is 9.97 Å². The van der Waals surface area contributed by atoms with E-state index in [-0.39, 0.29) is 0 Å². The quantitative estimate of drug-likeness (QED) is 0.350. The van der Waals surface area contributed by atoms with E-state index in [0.717, 1.165) is 56.5 Å². The molecule has 7 nitrogen and oxygen atoms in total. The highest BCUT2D eigenvalue weighted by Crippen LogP contribution is 2.16. The first-order chi connectivity index (χ1) is 14.3. The first-order valence-corrected chi connectivity index (χ1v) is 10.5. The molecule has 0 aliphatic carbocycles. The maximum absolute atomic E-state index is 5.80. The molecule has 0 radical (unpaired) electrons. The molecule has 2 heterocycles. The summed E-state index contributed by atoms with van der Waals surface area (Å²) in [6, 6.07) is 9.86. The van der Waals surface area contributed by atoms with E-state index in [4.69, 9.17) is 9.47 Å². The number of anilines is 2. The molecule has 0 bridgehead atoms. The number of aromatic nitrogens is 2. The van der Waals surface area contributed by atoms with Crippen molar-refractivity contribution in [3.8, 4) is 5.75 Å². The summed E-state index contributed by atoms with van der Waals surface area (Å²) in [5.74, 6) is 2.45. The molecule has 1 aliphatic heterocycles. The number of benzene rings is 1. The Morgan fingerprint density at radius 2 is 1.90 bits per heavy atom. The van der Waals surface area contributed by atoms with Gasteiger partial charge in [-0.1, -0.05) is 32.6 Å². The van der Waals surface area contributed by atoms with Gasteiger partial charge in [-0.2, -0.15) is 5.10 Å². The summed E-state index contributed by atoms with van der Waals surface area (Å²) in [7, 11) is 0. The molecule has 1 saturated heterocycles. The van der Waals surface area contributed by atoms with Crippen molar-refractivity contribution in [1.29, 1.82) is 0 Å². The fourth-order valence-corrected chi connectivity index (χ4v) is 3.09. The number of morpholine rings is 1. The summed E-state index contributed by atoms with van der Waals surface area (Å²) < 4.78 is 11.2. The Balaban J connectivity index is 1.43. The lowest BCUT2D eigenvalue weighted by Gasteiger charge is -2.27. The average Bonchev–Trinajstić information content (AvgIpc) is 2.78. The van der Waals surface area contributed by atoms with Gasteiger partial charge < -0.3 is 14.4 Å². The number of ether oxygens (including phenoxy) is 2. The molecule has 2 aromatic rings. The molecule has 1 aromatic carbocycles. The van der Waals surface area contributed by atoms with Crippen LogP contribution in [0.3, 0.4) is 0 Å². The SMILES string of the molecule is CCCCCCCOc1ccc(C=NNc2cc(N3CCOCC3)ncn2)cc1. The lowest BCUT2D eigenvalue weighted by molar-refractivity contribution is 0.122. The highest BCUT2D eigenvalue weighted by atomic mass is 16.5. The topological polar surface area (TPSA) is 71.9 Å². The molecule has 3 rings (SSSR count). The zero-order valence-corrected chi connectivity index (χ0v) is 17.2. The van der Waals surface area contributed by atoms with Crippen LogP contribution in [0.2, 0.25) is 0 Å². The smallest absolute Gasteiger partial charge is 0.151 e. The largest absolute Gasteiger partial charge is 0.494 e. The summed E-state index contributed by atoms with van der Waals surface area (Å²) in [4.78, 5) is 10.7. The molecular weight excluding hydrogens is 366 g/mol. The molecule has 0 spiro atoms. The maximum Gasteiger partial charge on any atom is 0.151 e. The van der Waals surface area contributed by atoms with E-state index in [1.54, 1.807) is 12.5 Å². The van der Waals surface area contributed by atoms with Crippen LogP contribution in [0.25, 0.3) is 0 Å². The van der Waals surface area contributed by atoms with E-state index in [9.17, 15) is 0 Å². The van der Waals surface area contributed by atoms with E-state index in [0.29, 0.717) is 5.82 Å². The summed E-state index contributed by atoms with van der Waals surface area (Å²) in [5, 5.41) is 4.28. The Morgan fingerprint density at radius 1 is 1.10 bits per heavy atom.